The highest BCUT2D eigenvalue weighted by atomic mass is 15.0. The Morgan fingerprint density at radius 1 is 1.17 bits per heavy atom. The number of hydrogen-bond donors (Lipinski definition) is 1. The van der Waals surface area contributed by atoms with Crippen LogP contribution in [0.1, 0.15) is 38.5 Å². The van der Waals surface area contributed by atoms with E-state index < -0.39 is 0 Å². The fourth-order valence-corrected chi connectivity index (χ4v) is 2.97. The van der Waals surface area contributed by atoms with Crippen molar-refractivity contribution < 1.29 is 0 Å². The third-order valence-electron chi connectivity index (χ3n) is 3.90. The van der Waals surface area contributed by atoms with Crippen LogP contribution in [0.2, 0.25) is 0 Å². The first-order valence-electron chi connectivity index (χ1n) is 5.51. The first-order chi connectivity index (χ1) is 5.92. The van der Waals surface area contributed by atoms with Gasteiger partial charge >= 0.3 is 0 Å². The van der Waals surface area contributed by atoms with Crippen LogP contribution in [0.25, 0.3) is 0 Å². The van der Waals surface area contributed by atoms with E-state index in [1.54, 1.807) is 0 Å². The second-order valence-corrected chi connectivity index (χ2v) is 4.95. The molecule has 4 aliphatic rings. The fraction of sp³-hybridized carbons (Fsp3) is 0.909. The predicted octanol–water partition coefficient (Wildman–Crippen LogP) is 2.34. The van der Waals surface area contributed by atoms with Gasteiger partial charge in [0.25, 0.3) is 0 Å². The highest BCUT2D eigenvalue weighted by Crippen LogP contribution is 2.43. The van der Waals surface area contributed by atoms with Crippen LogP contribution >= 0.6 is 0 Å². The molecule has 2 bridgehead atoms. The standard InChI is InChI=1S/C11H18N/c1-2-8(1)5-10-6-9-3-4-11(10)12-7-9/h7-12H,1-6H2/t9-,10-,11+/m1/s1. The molecule has 0 amide bonds. The molecule has 2 aliphatic heterocycles. The third kappa shape index (κ3) is 1.28. The van der Waals surface area contributed by atoms with Crippen molar-refractivity contribution in [3.63, 3.8) is 0 Å². The Hall–Kier alpha value is -0.0400. The molecule has 3 atom stereocenters. The van der Waals surface area contributed by atoms with Gasteiger partial charge in [-0.3, -0.25) is 0 Å². The van der Waals surface area contributed by atoms with Crippen molar-refractivity contribution in [1.82, 2.24) is 5.32 Å². The molecule has 1 heteroatoms. The molecule has 2 aliphatic carbocycles. The molecule has 1 radical (unpaired) electrons. The summed E-state index contributed by atoms with van der Waals surface area (Å²) in [4.78, 5) is 0. The minimum atomic E-state index is 0.857. The molecular weight excluding hydrogens is 146 g/mol. The second-order valence-electron chi connectivity index (χ2n) is 4.95. The normalized spacial score (nSPS) is 46.5. The smallest absolute Gasteiger partial charge is 0.0255 e. The summed E-state index contributed by atoms with van der Waals surface area (Å²) in [5.74, 6) is 3.07. The molecule has 0 aromatic carbocycles. The van der Waals surface area contributed by atoms with E-state index in [2.05, 4.69) is 11.9 Å². The van der Waals surface area contributed by atoms with Crippen LogP contribution in [0, 0.1) is 24.3 Å². The van der Waals surface area contributed by atoms with E-state index >= 15 is 0 Å². The lowest BCUT2D eigenvalue weighted by Crippen LogP contribution is -2.47. The van der Waals surface area contributed by atoms with E-state index in [0.717, 1.165) is 23.8 Å². The van der Waals surface area contributed by atoms with Crippen LogP contribution in [0.15, 0.2) is 0 Å². The first-order valence-corrected chi connectivity index (χ1v) is 5.51. The Balaban J connectivity index is 1.62. The van der Waals surface area contributed by atoms with E-state index in [9.17, 15) is 0 Å². The molecule has 0 spiro atoms. The van der Waals surface area contributed by atoms with Crippen LogP contribution in [-0.4, -0.2) is 6.04 Å². The van der Waals surface area contributed by atoms with E-state index in [-0.39, 0.29) is 0 Å². The van der Waals surface area contributed by atoms with Gasteiger partial charge in [-0.05, 0) is 43.4 Å². The van der Waals surface area contributed by atoms with Gasteiger partial charge in [-0.25, -0.2) is 0 Å². The zero-order chi connectivity index (χ0) is 7.97. The van der Waals surface area contributed by atoms with E-state index in [0.29, 0.717) is 0 Å². The average molecular weight is 164 g/mol. The topological polar surface area (TPSA) is 12.0 Å². The van der Waals surface area contributed by atoms with Gasteiger partial charge in [-0.15, -0.1) is 0 Å². The Morgan fingerprint density at radius 2 is 2.08 bits per heavy atom. The van der Waals surface area contributed by atoms with Crippen molar-refractivity contribution in [3.05, 3.63) is 6.54 Å². The zero-order valence-electron chi connectivity index (χ0n) is 7.63. The number of nitrogens with one attached hydrogen (secondary N) is 1. The Labute approximate surface area is 74.9 Å². The first kappa shape index (κ1) is 7.37. The van der Waals surface area contributed by atoms with Crippen LogP contribution in [-0.2, 0) is 0 Å². The Bertz CT molecular complexity index is 164. The molecular formula is C11H18N. The van der Waals surface area contributed by atoms with Crippen molar-refractivity contribution >= 4 is 0 Å². The highest BCUT2D eigenvalue weighted by molar-refractivity contribution is 4.98. The van der Waals surface area contributed by atoms with Crippen molar-refractivity contribution in [3.8, 4) is 0 Å². The van der Waals surface area contributed by atoms with Crippen molar-refractivity contribution in [2.45, 2.75) is 44.6 Å². The van der Waals surface area contributed by atoms with Gasteiger partial charge in [0.15, 0.2) is 0 Å². The van der Waals surface area contributed by atoms with E-state index in [1.165, 1.54) is 38.5 Å². The zero-order valence-corrected chi connectivity index (χ0v) is 7.63. The molecule has 0 aromatic rings. The monoisotopic (exact) mass is 164 g/mol. The summed E-state index contributed by atoms with van der Waals surface area (Å²) in [6.45, 7) is 2.36. The average Bonchev–Trinajstić information content (AvgIpc) is 2.90. The van der Waals surface area contributed by atoms with Crippen LogP contribution < -0.4 is 5.32 Å². The van der Waals surface area contributed by atoms with Gasteiger partial charge in [-0.1, -0.05) is 12.8 Å². The summed E-state index contributed by atoms with van der Waals surface area (Å²) in [5.41, 5.74) is 0. The predicted molar refractivity (Wildman–Crippen MR) is 49.4 cm³/mol. The maximum atomic E-state index is 3.58. The molecule has 1 nitrogen and oxygen atoms in total. The lowest BCUT2D eigenvalue weighted by atomic mass is 9.72. The molecule has 0 aromatic heterocycles. The van der Waals surface area contributed by atoms with Gasteiger partial charge in [0.2, 0.25) is 0 Å². The molecule has 2 saturated heterocycles. The molecule has 12 heavy (non-hydrogen) atoms. The second kappa shape index (κ2) is 2.73. The van der Waals surface area contributed by atoms with Crippen molar-refractivity contribution in [2.24, 2.45) is 17.8 Å². The quantitative estimate of drug-likeness (QED) is 0.660. The highest BCUT2D eigenvalue weighted by Gasteiger charge is 2.38. The Kier molecular flexibility index (Phi) is 1.68. The summed E-state index contributed by atoms with van der Waals surface area (Å²) >= 11 is 0. The van der Waals surface area contributed by atoms with Gasteiger partial charge < -0.3 is 5.32 Å². The minimum Gasteiger partial charge on any atom is -0.309 e. The fourth-order valence-electron chi connectivity index (χ4n) is 2.97. The molecule has 2 saturated carbocycles. The Morgan fingerprint density at radius 3 is 2.58 bits per heavy atom. The lowest BCUT2D eigenvalue weighted by molar-refractivity contribution is 0.156. The van der Waals surface area contributed by atoms with Gasteiger partial charge in [-0.2, -0.15) is 0 Å². The van der Waals surface area contributed by atoms with Crippen LogP contribution in [0.5, 0.6) is 0 Å². The summed E-state index contributed by atoms with van der Waals surface area (Å²) in [5, 5.41) is 3.58. The summed E-state index contributed by atoms with van der Waals surface area (Å²) in [7, 11) is 0. The summed E-state index contributed by atoms with van der Waals surface area (Å²) in [6.07, 6.45) is 8.97. The van der Waals surface area contributed by atoms with E-state index in [4.69, 9.17) is 0 Å². The van der Waals surface area contributed by atoms with Crippen molar-refractivity contribution in [2.75, 3.05) is 0 Å². The van der Waals surface area contributed by atoms with Gasteiger partial charge in [0.05, 0.1) is 0 Å². The van der Waals surface area contributed by atoms with E-state index in [1.807, 2.05) is 0 Å². The number of rotatable bonds is 2. The van der Waals surface area contributed by atoms with Gasteiger partial charge in [0, 0.05) is 12.6 Å². The van der Waals surface area contributed by atoms with Gasteiger partial charge in [0.1, 0.15) is 0 Å². The molecule has 0 unspecified atom stereocenters. The number of fused-ring (bicyclic) bond motifs is 3. The molecule has 4 fully saturated rings. The summed E-state index contributed by atoms with van der Waals surface area (Å²) < 4.78 is 0. The molecule has 4 rings (SSSR count). The third-order valence-corrected chi connectivity index (χ3v) is 3.90. The SMILES string of the molecule is [CH]1N[C@H]2CC[C@@H]1C[C@H]2CC1CC1. The maximum absolute atomic E-state index is 3.58. The largest absolute Gasteiger partial charge is 0.309 e. The van der Waals surface area contributed by atoms with Crippen LogP contribution in [0.4, 0.5) is 0 Å². The molecule has 2 heterocycles. The number of hydrogen-bond acceptors (Lipinski definition) is 1. The minimum absolute atomic E-state index is 0.857. The lowest BCUT2D eigenvalue weighted by Gasteiger charge is -2.43. The van der Waals surface area contributed by atoms with Crippen LogP contribution in [0.3, 0.4) is 0 Å². The molecule has 1 N–H and O–H groups in total. The molecule has 67 valence electrons. The van der Waals surface area contributed by atoms with Crippen molar-refractivity contribution in [1.29, 1.82) is 0 Å². The number of piperidine rings is 2. The summed E-state index contributed by atoms with van der Waals surface area (Å²) in [6, 6.07) is 0.857. The maximum Gasteiger partial charge on any atom is 0.0255 e.